The summed E-state index contributed by atoms with van der Waals surface area (Å²) in [6.45, 7) is 7.23. The van der Waals surface area contributed by atoms with Gasteiger partial charge in [0.1, 0.15) is 24.3 Å². The molecule has 1 aliphatic rings. The highest BCUT2D eigenvalue weighted by Gasteiger charge is 2.35. The minimum absolute atomic E-state index is 0.0525. The van der Waals surface area contributed by atoms with Crippen molar-refractivity contribution in [3.05, 3.63) is 89.2 Å². The van der Waals surface area contributed by atoms with Crippen LogP contribution in [0.15, 0.2) is 66.7 Å². The topological polar surface area (TPSA) is 67.6 Å². The number of aliphatic hydroxyl groups is 1. The van der Waals surface area contributed by atoms with E-state index in [2.05, 4.69) is 11.5 Å². The van der Waals surface area contributed by atoms with Gasteiger partial charge in [-0.2, -0.15) is 0 Å². The summed E-state index contributed by atoms with van der Waals surface area (Å²) < 4.78 is 7.94. The third-order valence-electron chi connectivity index (χ3n) is 6.80. The molecule has 1 N–H and O–H groups in total. The van der Waals surface area contributed by atoms with E-state index in [1.165, 1.54) is 5.56 Å². The minimum atomic E-state index is -0.724. The predicted molar refractivity (Wildman–Crippen MR) is 138 cm³/mol. The molecule has 4 aromatic rings. The van der Waals surface area contributed by atoms with Crippen LogP contribution in [0, 0.1) is 20.8 Å². The molecular weight excluding hydrogens is 438 g/mol. The Labute approximate surface area is 205 Å². The van der Waals surface area contributed by atoms with E-state index in [1.54, 1.807) is 0 Å². The van der Waals surface area contributed by atoms with Gasteiger partial charge in [-0.25, -0.2) is 4.98 Å². The van der Waals surface area contributed by atoms with Gasteiger partial charge in [0, 0.05) is 24.6 Å². The first-order valence-electron chi connectivity index (χ1n) is 12.1. The molecule has 1 amide bonds. The van der Waals surface area contributed by atoms with E-state index < -0.39 is 6.10 Å². The Hall–Kier alpha value is -3.64. The van der Waals surface area contributed by atoms with Crippen LogP contribution in [0.5, 0.6) is 5.75 Å². The molecule has 2 atom stereocenters. The van der Waals surface area contributed by atoms with Crippen molar-refractivity contribution in [2.45, 2.75) is 45.8 Å². The van der Waals surface area contributed by atoms with Crippen LogP contribution in [0.4, 0.5) is 5.69 Å². The van der Waals surface area contributed by atoms with Gasteiger partial charge in [0.15, 0.2) is 0 Å². The zero-order valence-corrected chi connectivity index (χ0v) is 20.4. The van der Waals surface area contributed by atoms with Crippen LogP contribution in [0.1, 0.15) is 34.9 Å². The predicted octanol–water partition coefficient (Wildman–Crippen LogP) is 4.92. The highest BCUT2D eigenvalue weighted by Crippen LogP contribution is 2.33. The number of ether oxygens (including phenoxy) is 1. The van der Waals surface area contributed by atoms with Crippen molar-refractivity contribution >= 4 is 22.6 Å². The van der Waals surface area contributed by atoms with Crippen molar-refractivity contribution in [1.29, 1.82) is 0 Å². The SMILES string of the molecule is Cc1cccc(N2C[C@@H](c3nc4ccccc4n3C[C@H](O)COc3ccc(C)c(C)c3)CC2=O)c1. The van der Waals surface area contributed by atoms with E-state index in [-0.39, 0.29) is 18.4 Å². The average Bonchev–Trinajstić information content (AvgIpc) is 3.40. The van der Waals surface area contributed by atoms with Gasteiger partial charge in [-0.1, -0.05) is 30.3 Å². The van der Waals surface area contributed by atoms with E-state index in [1.807, 2.05) is 85.5 Å². The van der Waals surface area contributed by atoms with Crippen molar-refractivity contribution in [2.24, 2.45) is 0 Å². The molecule has 0 radical (unpaired) electrons. The number of nitrogens with zero attached hydrogens (tertiary/aromatic N) is 3. The second kappa shape index (κ2) is 9.55. The zero-order chi connectivity index (χ0) is 24.5. The molecule has 1 aromatic heterocycles. The number of rotatable bonds is 7. The average molecular weight is 470 g/mol. The van der Waals surface area contributed by atoms with Crippen molar-refractivity contribution < 1.29 is 14.6 Å². The molecule has 3 aromatic carbocycles. The number of para-hydroxylation sites is 2. The Morgan fingerprint density at radius 3 is 2.66 bits per heavy atom. The van der Waals surface area contributed by atoms with E-state index >= 15 is 0 Å². The van der Waals surface area contributed by atoms with Crippen molar-refractivity contribution in [1.82, 2.24) is 9.55 Å². The second-order valence-corrected chi connectivity index (χ2v) is 9.52. The van der Waals surface area contributed by atoms with Crippen LogP contribution in [0.3, 0.4) is 0 Å². The van der Waals surface area contributed by atoms with Crippen LogP contribution < -0.4 is 9.64 Å². The Balaban J connectivity index is 1.37. The minimum Gasteiger partial charge on any atom is -0.491 e. The summed E-state index contributed by atoms with van der Waals surface area (Å²) in [5.74, 6) is 1.62. The van der Waals surface area contributed by atoms with Gasteiger partial charge in [-0.05, 0) is 73.9 Å². The molecule has 0 aliphatic carbocycles. The molecule has 2 heterocycles. The first-order chi connectivity index (χ1) is 16.9. The highest BCUT2D eigenvalue weighted by atomic mass is 16.5. The molecule has 1 aliphatic heterocycles. The van der Waals surface area contributed by atoms with Crippen LogP contribution in [-0.4, -0.2) is 39.8 Å². The number of benzene rings is 3. The Morgan fingerprint density at radius 2 is 1.86 bits per heavy atom. The Bertz CT molecular complexity index is 1380. The maximum atomic E-state index is 12.9. The lowest BCUT2D eigenvalue weighted by atomic mass is 10.1. The largest absolute Gasteiger partial charge is 0.491 e. The molecule has 1 fully saturated rings. The summed E-state index contributed by atoms with van der Waals surface area (Å²) >= 11 is 0. The van der Waals surface area contributed by atoms with Gasteiger partial charge in [-0.15, -0.1) is 0 Å². The molecule has 180 valence electrons. The normalized spacial score (nSPS) is 16.7. The summed E-state index contributed by atoms with van der Waals surface area (Å²) in [5.41, 5.74) is 6.22. The van der Waals surface area contributed by atoms with Gasteiger partial charge in [0.25, 0.3) is 0 Å². The van der Waals surface area contributed by atoms with Crippen LogP contribution in [0.25, 0.3) is 11.0 Å². The first kappa shape index (κ1) is 23.1. The lowest BCUT2D eigenvalue weighted by molar-refractivity contribution is -0.117. The number of carbonyl (C=O) groups is 1. The number of aliphatic hydroxyl groups excluding tert-OH is 1. The summed E-state index contributed by atoms with van der Waals surface area (Å²) in [5, 5.41) is 10.9. The Morgan fingerprint density at radius 1 is 1.03 bits per heavy atom. The fourth-order valence-corrected chi connectivity index (χ4v) is 4.78. The lowest BCUT2D eigenvalue weighted by Crippen LogP contribution is -2.26. The van der Waals surface area contributed by atoms with Gasteiger partial charge >= 0.3 is 0 Å². The van der Waals surface area contributed by atoms with E-state index in [0.717, 1.165) is 39.4 Å². The van der Waals surface area contributed by atoms with Crippen molar-refractivity contribution in [3.8, 4) is 5.75 Å². The number of aromatic nitrogens is 2. The lowest BCUT2D eigenvalue weighted by Gasteiger charge is -2.19. The Kier molecular flexibility index (Phi) is 6.31. The molecule has 1 saturated heterocycles. The first-order valence-corrected chi connectivity index (χ1v) is 12.1. The van der Waals surface area contributed by atoms with Gasteiger partial charge in [0.05, 0.1) is 17.6 Å². The summed E-state index contributed by atoms with van der Waals surface area (Å²) in [6.07, 6.45) is -0.329. The zero-order valence-electron chi connectivity index (χ0n) is 20.4. The van der Waals surface area contributed by atoms with Crippen LogP contribution in [0.2, 0.25) is 0 Å². The fourth-order valence-electron chi connectivity index (χ4n) is 4.78. The van der Waals surface area contributed by atoms with Crippen LogP contribution in [-0.2, 0) is 11.3 Å². The molecule has 6 nitrogen and oxygen atoms in total. The van der Waals surface area contributed by atoms with Crippen molar-refractivity contribution in [2.75, 3.05) is 18.1 Å². The fraction of sp³-hybridized carbons (Fsp3) is 0.310. The maximum absolute atomic E-state index is 12.9. The standard InChI is InChI=1S/C29H31N3O3/c1-19-7-6-8-23(13-19)31-16-22(15-28(31)34)29-30-26-9-4-5-10-27(26)32(29)17-24(33)18-35-25-12-11-20(2)21(3)14-25/h4-14,22,24,33H,15-18H2,1-3H3/t22-,24-/m0/s1. The number of aryl methyl sites for hydroxylation is 3. The molecule has 5 rings (SSSR count). The monoisotopic (exact) mass is 469 g/mol. The highest BCUT2D eigenvalue weighted by molar-refractivity contribution is 5.96. The number of hydrogen-bond donors (Lipinski definition) is 1. The number of hydrogen-bond acceptors (Lipinski definition) is 4. The smallest absolute Gasteiger partial charge is 0.227 e. The second-order valence-electron chi connectivity index (χ2n) is 9.52. The van der Waals surface area contributed by atoms with Gasteiger partial charge in [0.2, 0.25) is 5.91 Å². The molecule has 0 spiro atoms. The number of anilines is 1. The molecule has 0 bridgehead atoms. The van der Waals surface area contributed by atoms with Crippen molar-refractivity contribution in [3.63, 3.8) is 0 Å². The van der Waals surface area contributed by atoms with Gasteiger partial charge < -0.3 is 19.3 Å². The summed E-state index contributed by atoms with van der Waals surface area (Å²) in [6, 6.07) is 21.9. The molecular formula is C29H31N3O3. The van der Waals surface area contributed by atoms with E-state index in [4.69, 9.17) is 9.72 Å². The molecule has 0 unspecified atom stereocenters. The molecule has 0 saturated carbocycles. The number of imidazole rings is 1. The van der Waals surface area contributed by atoms with Gasteiger partial charge in [-0.3, -0.25) is 4.79 Å². The molecule has 35 heavy (non-hydrogen) atoms. The van der Waals surface area contributed by atoms with E-state index in [9.17, 15) is 9.90 Å². The maximum Gasteiger partial charge on any atom is 0.227 e. The number of amides is 1. The molecule has 6 heteroatoms. The third-order valence-corrected chi connectivity index (χ3v) is 6.80. The van der Waals surface area contributed by atoms with E-state index in [0.29, 0.717) is 19.5 Å². The third kappa shape index (κ3) is 4.80. The number of carbonyl (C=O) groups excluding carboxylic acids is 1. The number of fused-ring (bicyclic) bond motifs is 1. The quantitative estimate of drug-likeness (QED) is 0.417. The summed E-state index contributed by atoms with van der Waals surface area (Å²) in [7, 11) is 0. The summed E-state index contributed by atoms with van der Waals surface area (Å²) in [4.78, 5) is 19.7. The van der Waals surface area contributed by atoms with Crippen LogP contribution >= 0.6 is 0 Å².